The van der Waals surface area contributed by atoms with E-state index in [0.717, 1.165) is 13.1 Å². The maximum Gasteiger partial charge on any atom is 0.123 e. The lowest BCUT2D eigenvalue weighted by molar-refractivity contribution is 0.285. The van der Waals surface area contributed by atoms with Crippen molar-refractivity contribution >= 4 is 0 Å². The minimum Gasteiger partial charge on any atom is -0.293 e. The molecule has 0 saturated carbocycles. The number of rotatable bonds is 3. The molecule has 1 aromatic carbocycles. The van der Waals surface area contributed by atoms with Crippen LogP contribution in [0, 0.1) is 5.82 Å². The third kappa shape index (κ3) is 2.26. The summed E-state index contributed by atoms with van der Waals surface area (Å²) in [7, 11) is 0. The van der Waals surface area contributed by atoms with Crippen LogP contribution in [0.4, 0.5) is 4.39 Å². The molecule has 0 bridgehead atoms. The van der Waals surface area contributed by atoms with Crippen molar-refractivity contribution in [2.75, 3.05) is 13.1 Å². The Kier molecular flexibility index (Phi) is 3.17. The van der Waals surface area contributed by atoms with Crippen molar-refractivity contribution < 1.29 is 4.39 Å². The van der Waals surface area contributed by atoms with Gasteiger partial charge in [-0.25, -0.2) is 4.39 Å². The third-order valence-electron chi connectivity index (χ3n) is 2.98. The van der Waals surface area contributed by atoms with Crippen LogP contribution in [0.5, 0.6) is 0 Å². The molecule has 2 rings (SSSR count). The van der Waals surface area contributed by atoms with E-state index in [4.69, 9.17) is 0 Å². The van der Waals surface area contributed by atoms with Crippen molar-refractivity contribution in [3.05, 3.63) is 48.3 Å². The highest BCUT2D eigenvalue weighted by Crippen LogP contribution is 2.31. The van der Waals surface area contributed by atoms with Crippen molar-refractivity contribution in [2.24, 2.45) is 0 Å². The molecule has 0 radical (unpaired) electrons. The van der Waals surface area contributed by atoms with Gasteiger partial charge in [0.05, 0.1) is 0 Å². The molecule has 1 aromatic rings. The Labute approximate surface area is 90.2 Å². The topological polar surface area (TPSA) is 3.24 Å². The number of benzene rings is 1. The lowest BCUT2D eigenvalue weighted by atomic mass is 10.0. The van der Waals surface area contributed by atoms with Crippen molar-refractivity contribution in [3.8, 4) is 0 Å². The SMILES string of the molecule is C=CCN1CCCC1c1ccc(F)cc1. The van der Waals surface area contributed by atoms with E-state index in [1.807, 2.05) is 18.2 Å². The molecule has 1 unspecified atom stereocenters. The molecule has 1 nitrogen and oxygen atoms in total. The second kappa shape index (κ2) is 4.58. The van der Waals surface area contributed by atoms with E-state index < -0.39 is 0 Å². The van der Waals surface area contributed by atoms with Crippen molar-refractivity contribution in [2.45, 2.75) is 18.9 Å². The second-order valence-corrected chi connectivity index (χ2v) is 3.99. The van der Waals surface area contributed by atoms with Gasteiger partial charge in [-0.15, -0.1) is 6.58 Å². The zero-order valence-electron chi connectivity index (χ0n) is 8.82. The van der Waals surface area contributed by atoms with Gasteiger partial charge in [0.1, 0.15) is 5.82 Å². The monoisotopic (exact) mass is 205 g/mol. The Hall–Kier alpha value is -1.15. The van der Waals surface area contributed by atoms with Crippen molar-refractivity contribution in [1.29, 1.82) is 0 Å². The van der Waals surface area contributed by atoms with Gasteiger partial charge in [-0.2, -0.15) is 0 Å². The van der Waals surface area contributed by atoms with E-state index in [1.54, 1.807) is 12.1 Å². The molecule has 0 amide bonds. The molecule has 1 heterocycles. The summed E-state index contributed by atoms with van der Waals surface area (Å²) in [6.45, 7) is 5.80. The molecule has 0 N–H and O–H groups in total. The molecule has 80 valence electrons. The maximum absolute atomic E-state index is 12.8. The average molecular weight is 205 g/mol. The zero-order valence-corrected chi connectivity index (χ0v) is 8.82. The van der Waals surface area contributed by atoms with Gasteiger partial charge < -0.3 is 0 Å². The highest BCUT2D eigenvalue weighted by atomic mass is 19.1. The minimum atomic E-state index is -0.160. The summed E-state index contributed by atoms with van der Waals surface area (Å²) in [5.41, 5.74) is 1.22. The first-order chi connectivity index (χ1) is 7.31. The minimum absolute atomic E-state index is 0.160. The van der Waals surface area contributed by atoms with Gasteiger partial charge in [0.25, 0.3) is 0 Å². The molecule has 1 atom stereocenters. The van der Waals surface area contributed by atoms with Crippen LogP contribution in [0.25, 0.3) is 0 Å². The predicted octanol–water partition coefficient (Wildman–Crippen LogP) is 3.15. The van der Waals surface area contributed by atoms with Crippen LogP contribution in [-0.2, 0) is 0 Å². The number of nitrogens with zero attached hydrogens (tertiary/aromatic N) is 1. The molecule has 15 heavy (non-hydrogen) atoms. The molecule has 1 aliphatic rings. The quantitative estimate of drug-likeness (QED) is 0.685. The van der Waals surface area contributed by atoms with Crippen molar-refractivity contribution in [1.82, 2.24) is 4.90 Å². The molecule has 0 spiro atoms. The Balaban J connectivity index is 2.15. The lowest BCUT2D eigenvalue weighted by Gasteiger charge is -2.23. The Morgan fingerprint density at radius 2 is 2.13 bits per heavy atom. The molecule has 2 heteroatoms. The molecule has 0 aliphatic carbocycles. The summed E-state index contributed by atoms with van der Waals surface area (Å²) in [5, 5.41) is 0. The highest BCUT2D eigenvalue weighted by molar-refractivity contribution is 5.21. The maximum atomic E-state index is 12.8. The van der Waals surface area contributed by atoms with Gasteiger partial charge in [0.15, 0.2) is 0 Å². The molecule has 1 fully saturated rings. The van der Waals surface area contributed by atoms with Crippen LogP contribution in [0.2, 0.25) is 0 Å². The van der Waals surface area contributed by atoms with Crippen molar-refractivity contribution in [3.63, 3.8) is 0 Å². The van der Waals surface area contributed by atoms with Gasteiger partial charge in [0.2, 0.25) is 0 Å². The summed E-state index contributed by atoms with van der Waals surface area (Å²) < 4.78 is 12.8. The molecular formula is C13H16FN. The normalized spacial score (nSPS) is 21.8. The van der Waals surface area contributed by atoms with Crippen LogP contribution in [0.3, 0.4) is 0 Å². The largest absolute Gasteiger partial charge is 0.293 e. The summed E-state index contributed by atoms with van der Waals surface area (Å²) >= 11 is 0. The van der Waals surface area contributed by atoms with E-state index >= 15 is 0 Å². The standard InChI is InChI=1S/C13H16FN/c1-2-9-15-10-3-4-13(15)11-5-7-12(14)8-6-11/h2,5-8,13H,1,3-4,9-10H2. The first-order valence-corrected chi connectivity index (χ1v) is 5.41. The molecule has 1 aliphatic heterocycles. The summed E-state index contributed by atoms with van der Waals surface area (Å²) in [6, 6.07) is 7.31. The number of halogens is 1. The van der Waals surface area contributed by atoms with Gasteiger partial charge >= 0.3 is 0 Å². The number of hydrogen-bond acceptors (Lipinski definition) is 1. The highest BCUT2D eigenvalue weighted by Gasteiger charge is 2.24. The summed E-state index contributed by atoms with van der Waals surface area (Å²) in [6.07, 6.45) is 4.32. The smallest absolute Gasteiger partial charge is 0.123 e. The van der Waals surface area contributed by atoms with E-state index in [-0.39, 0.29) is 5.82 Å². The average Bonchev–Trinajstić information content (AvgIpc) is 2.68. The van der Waals surface area contributed by atoms with E-state index in [2.05, 4.69) is 11.5 Å². The van der Waals surface area contributed by atoms with Crippen LogP contribution in [-0.4, -0.2) is 18.0 Å². The summed E-state index contributed by atoms with van der Waals surface area (Å²) in [4.78, 5) is 2.39. The fraction of sp³-hybridized carbons (Fsp3) is 0.385. The lowest BCUT2D eigenvalue weighted by Crippen LogP contribution is -2.23. The number of likely N-dealkylation sites (tertiary alicyclic amines) is 1. The van der Waals surface area contributed by atoms with E-state index in [1.165, 1.54) is 18.4 Å². The predicted molar refractivity (Wildman–Crippen MR) is 60.1 cm³/mol. The van der Waals surface area contributed by atoms with E-state index in [9.17, 15) is 4.39 Å². The summed E-state index contributed by atoms with van der Waals surface area (Å²) in [5.74, 6) is -0.160. The third-order valence-corrected chi connectivity index (χ3v) is 2.98. The van der Waals surface area contributed by atoms with Gasteiger partial charge in [-0.05, 0) is 37.1 Å². The molecule has 0 aromatic heterocycles. The second-order valence-electron chi connectivity index (χ2n) is 3.99. The van der Waals surface area contributed by atoms with Crippen LogP contribution >= 0.6 is 0 Å². The molecule has 1 saturated heterocycles. The zero-order chi connectivity index (χ0) is 10.7. The van der Waals surface area contributed by atoms with Gasteiger partial charge in [-0.3, -0.25) is 4.90 Å². The van der Waals surface area contributed by atoms with Crippen LogP contribution in [0.15, 0.2) is 36.9 Å². The number of hydrogen-bond donors (Lipinski definition) is 0. The van der Waals surface area contributed by atoms with Crippen LogP contribution in [0.1, 0.15) is 24.4 Å². The van der Waals surface area contributed by atoms with Gasteiger partial charge in [0, 0.05) is 12.6 Å². The van der Waals surface area contributed by atoms with Crippen LogP contribution < -0.4 is 0 Å². The first-order valence-electron chi connectivity index (χ1n) is 5.41. The Morgan fingerprint density at radius 3 is 2.80 bits per heavy atom. The molecular weight excluding hydrogens is 189 g/mol. The Bertz CT molecular complexity index is 331. The van der Waals surface area contributed by atoms with E-state index in [0.29, 0.717) is 6.04 Å². The fourth-order valence-electron chi connectivity index (χ4n) is 2.27. The Morgan fingerprint density at radius 1 is 1.40 bits per heavy atom. The fourth-order valence-corrected chi connectivity index (χ4v) is 2.27. The van der Waals surface area contributed by atoms with Gasteiger partial charge in [-0.1, -0.05) is 18.2 Å². The first kappa shape index (κ1) is 10.4.